The van der Waals surface area contributed by atoms with Crippen LogP contribution >= 0.6 is 11.3 Å². The van der Waals surface area contributed by atoms with E-state index in [1.54, 1.807) is 30.1 Å². The minimum absolute atomic E-state index is 0.0628. The summed E-state index contributed by atoms with van der Waals surface area (Å²) in [7, 11) is 3.25. The van der Waals surface area contributed by atoms with Crippen molar-refractivity contribution in [3.8, 4) is 11.5 Å². The minimum Gasteiger partial charge on any atom is -0.493 e. The maximum absolute atomic E-state index is 12.9. The number of hydrogen-bond acceptors (Lipinski definition) is 5. The molecule has 2 aromatic heterocycles. The largest absolute Gasteiger partial charge is 0.493 e. The molecular formula is C20H20N2O3S. The number of benzene rings is 1. The van der Waals surface area contributed by atoms with E-state index in [2.05, 4.69) is 0 Å². The molecule has 3 heterocycles. The minimum atomic E-state index is 0.0628. The average Bonchev–Trinajstić information content (AvgIpc) is 3.16. The lowest BCUT2D eigenvalue weighted by atomic mass is 10.1. The molecule has 0 spiro atoms. The van der Waals surface area contributed by atoms with Crippen molar-refractivity contribution in [3.63, 3.8) is 0 Å². The number of ether oxygens (including phenoxy) is 2. The van der Waals surface area contributed by atoms with Crippen LogP contribution in [0.1, 0.15) is 28.2 Å². The lowest BCUT2D eigenvalue weighted by Gasteiger charge is -2.10. The highest BCUT2D eigenvalue weighted by molar-refractivity contribution is 7.18. The number of thiophene rings is 1. The van der Waals surface area contributed by atoms with E-state index in [4.69, 9.17) is 14.5 Å². The first-order valence-electron chi connectivity index (χ1n) is 8.47. The predicted octanol–water partition coefficient (Wildman–Crippen LogP) is 4.04. The van der Waals surface area contributed by atoms with Gasteiger partial charge in [0, 0.05) is 17.0 Å². The van der Waals surface area contributed by atoms with Gasteiger partial charge in [0.05, 0.1) is 19.6 Å². The third kappa shape index (κ3) is 2.44. The molecule has 0 radical (unpaired) electrons. The summed E-state index contributed by atoms with van der Waals surface area (Å²) in [4.78, 5) is 19.7. The number of para-hydroxylation sites is 1. The van der Waals surface area contributed by atoms with Gasteiger partial charge in [-0.25, -0.2) is 4.98 Å². The Hall–Kier alpha value is -2.60. The topological polar surface area (TPSA) is 53.4 Å². The first kappa shape index (κ1) is 16.8. The smallest absolute Gasteiger partial charge is 0.262 e. The van der Waals surface area contributed by atoms with E-state index in [1.165, 1.54) is 0 Å². The number of methoxy groups -OCH3 is 2. The molecule has 0 aliphatic carbocycles. The number of fused-ring (bicyclic) bond motifs is 2. The van der Waals surface area contributed by atoms with E-state index in [-0.39, 0.29) is 5.56 Å². The van der Waals surface area contributed by atoms with Crippen molar-refractivity contribution in [2.24, 2.45) is 0 Å². The third-order valence-corrected chi connectivity index (χ3v) is 6.05. The van der Waals surface area contributed by atoms with Crippen molar-refractivity contribution in [1.82, 2.24) is 9.55 Å². The van der Waals surface area contributed by atoms with Crippen LogP contribution in [-0.2, 0) is 6.54 Å². The molecule has 0 bridgehead atoms. The quantitative estimate of drug-likeness (QED) is 0.700. The number of allylic oxidation sites excluding steroid dienone is 1. The van der Waals surface area contributed by atoms with Crippen LogP contribution in [0.25, 0.3) is 21.9 Å². The van der Waals surface area contributed by atoms with Crippen molar-refractivity contribution in [3.05, 3.63) is 50.4 Å². The normalized spacial score (nSPS) is 14.8. The van der Waals surface area contributed by atoms with Crippen molar-refractivity contribution in [2.45, 2.75) is 26.8 Å². The van der Waals surface area contributed by atoms with Crippen molar-refractivity contribution in [2.75, 3.05) is 14.2 Å². The van der Waals surface area contributed by atoms with E-state index < -0.39 is 0 Å². The van der Waals surface area contributed by atoms with Crippen molar-refractivity contribution in [1.29, 1.82) is 0 Å². The molecule has 0 saturated heterocycles. The fourth-order valence-electron chi connectivity index (χ4n) is 3.47. The molecule has 0 amide bonds. The van der Waals surface area contributed by atoms with Crippen molar-refractivity contribution >= 4 is 33.2 Å². The van der Waals surface area contributed by atoms with Crippen LogP contribution in [0.4, 0.5) is 0 Å². The maximum Gasteiger partial charge on any atom is 0.262 e. The van der Waals surface area contributed by atoms with Gasteiger partial charge in [-0.05, 0) is 43.5 Å². The number of nitrogens with zero attached hydrogens (tertiary/aromatic N) is 2. The van der Waals surface area contributed by atoms with E-state index in [1.807, 2.05) is 38.1 Å². The molecule has 1 aliphatic heterocycles. The highest BCUT2D eigenvalue weighted by Gasteiger charge is 2.23. The van der Waals surface area contributed by atoms with E-state index in [0.29, 0.717) is 18.0 Å². The molecule has 3 aromatic rings. The first-order chi connectivity index (χ1) is 12.5. The predicted molar refractivity (Wildman–Crippen MR) is 105 cm³/mol. The monoisotopic (exact) mass is 368 g/mol. The van der Waals surface area contributed by atoms with Gasteiger partial charge in [-0.1, -0.05) is 12.1 Å². The van der Waals surface area contributed by atoms with Gasteiger partial charge in [0.25, 0.3) is 5.56 Å². The molecule has 1 aromatic carbocycles. The first-order valence-corrected chi connectivity index (χ1v) is 9.29. The average molecular weight is 368 g/mol. The standard InChI is InChI=1S/C20H20N2O3S/c1-11-12(2)26-19-16(11)20(23)22-9-8-14(18(22)21-19)10-13-6-5-7-15(24-3)17(13)25-4/h5-7,10H,8-9H2,1-4H3/b14-10+. The Morgan fingerprint density at radius 2 is 2.04 bits per heavy atom. The Kier molecular flexibility index (Phi) is 4.07. The fraction of sp³-hybridized carbons (Fsp3) is 0.300. The molecule has 0 unspecified atom stereocenters. The highest BCUT2D eigenvalue weighted by Crippen LogP contribution is 2.36. The van der Waals surface area contributed by atoms with Gasteiger partial charge >= 0.3 is 0 Å². The number of hydrogen-bond donors (Lipinski definition) is 0. The summed E-state index contributed by atoms with van der Waals surface area (Å²) in [6.07, 6.45) is 2.82. The van der Waals surface area contributed by atoms with Crippen LogP contribution in [0, 0.1) is 13.8 Å². The summed E-state index contributed by atoms with van der Waals surface area (Å²) < 4.78 is 12.7. The molecule has 0 atom stereocenters. The van der Waals surface area contributed by atoms with Gasteiger partial charge in [-0.15, -0.1) is 11.3 Å². The summed E-state index contributed by atoms with van der Waals surface area (Å²) in [5.74, 6) is 2.13. The third-order valence-electron chi connectivity index (χ3n) is 4.94. The summed E-state index contributed by atoms with van der Waals surface area (Å²) in [6, 6.07) is 5.78. The van der Waals surface area contributed by atoms with Crippen LogP contribution < -0.4 is 15.0 Å². The van der Waals surface area contributed by atoms with E-state index in [9.17, 15) is 4.79 Å². The molecule has 134 valence electrons. The Morgan fingerprint density at radius 3 is 2.77 bits per heavy atom. The molecular weight excluding hydrogens is 348 g/mol. The SMILES string of the molecule is COc1cccc(/C=C2\CCn3c2nc2sc(C)c(C)c2c3=O)c1OC. The number of rotatable bonds is 3. The van der Waals surface area contributed by atoms with E-state index in [0.717, 1.165) is 44.0 Å². The molecule has 5 nitrogen and oxygen atoms in total. The van der Waals surface area contributed by atoms with E-state index >= 15 is 0 Å². The van der Waals surface area contributed by atoms with Gasteiger partial charge in [-0.3, -0.25) is 9.36 Å². The molecule has 4 rings (SSSR count). The fourth-order valence-corrected chi connectivity index (χ4v) is 4.49. The van der Waals surface area contributed by atoms with Gasteiger partial charge in [0.1, 0.15) is 10.7 Å². The molecule has 26 heavy (non-hydrogen) atoms. The van der Waals surface area contributed by atoms with Crippen LogP contribution in [0.2, 0.25) is 0 Å². The lowest BCUT2D eigenvalue weighted by molar-refractivity contribution is 0.354. The Balaban J connectivity index is 1.90. The van der Waals surface area contributed by atoms with Gasteiger partial charge in [0.15, 0.2) is 11.5 Å². The molecule has 0 N–H and O–H groups in total. The molecule has 0 saturated carbocycles. The Labute approximate surface area is 155 Å². The van der Waals surface area contributed by atoms with Crippen LogP contribution in [-0.4, -0.2) is 23.8 Å². The molecule has 1 aliphatic rings. The van der Waals surface area contributed by atoms with Crippen LogP contribution in [0.3, 0.4) is 0 Å². The Morgan fingerprint density at radius 1 is 1.23 bits per heavy atom. The number of aromatic nitrogens is 2. The Bertz CT molecular complexity index is 1110. The number of aryl methyl sites for hydroxylation is 2. The lowest BCUT2D eigenvalue weighted by Crippen LogP contribution is -2.20. The van der Waals surface area contributed by atoms with Crippen LogP contribution in [0.5, 0.6) is 11.5 Å². The summed E-state index contributed by atoms with van der Waals surface area (Å²) in [6.45, 7) is 4.69. The van der Waals surface area contributed by atoms with Crippen LogP contribution in [0.15, 0.2) is 23.0 Å². The van der Waals surface area contributed by atoms with Crippen molar-refractivity contribution < 1.29 is 9.47 Å². The summed E-state index contributed by atoms with van der Waals surface area (Å²) in [5, 5.41) is 0.761. The van der Waals surface area contributed by atoms with Gasteiger partial charge in [0.2, 0.25) is 0 Å². The summed E-state index contributed by atoms with van der Waals surface area (Å²) in [5.41, 5.74) is 3.07. The molecule has 6 heteroatoms. The second kappa shape index (κ2) is 6.29. The summed E-state index contributed by atoms with van der Waals surface area (Å²) >= 11 is 1.58. The zero-order valence-electron chi connectivity index (χ0n) is 15.3. The zero-order chi connectivity index (χ0) is 18.4. The van der Waals surface area contributed by atoms with Gasteiger partial charge in [-0.2, -0.15) is 0 Å². The molecule has 0 fully saturated rings. The van der Waals surface area contributed by atoms with Gasteiger partial charge < -0.3 is 9.47 Å². The highest BCUT2D eigenvalue weighted by atomic mass is 32.1. The second-order valence-electron chi connectivity index (χ2n) is 6.36. The second-order valence-corrected chi connectivity index (χ2v) is 7.56. The zero-order valence-corrected chi connectivity index (χ0v) is 16.1. The maximum atomic E-state index is 12.9.